The number of aromatic nitrogens is 1. The summed E-state index contributed by atoms with van der Waals surface area (Å²) in [7, 11) is 1.97. The van der Waals surface area contributed by atoms with Crippen LogP contribution < -0.4 is 10.6 Å². The highest BCUT2D eigenvalue weighted by Crippen LogP contribution is 2.13. The maximum Gasteiger partial charge on any atom is 0.255 e. The maximum absolute atomic E-state index is 13.2. The number of hydrogen-bond acceptors (Lipinski definition) is 4. The van der Waals surface area contributed by atoms with E-state index in [9.17, 15) is 9.18 Å². The van der Waals surface area contributed by atoms with Crippen LogP contribution in [0.3, 0.4) is 0 Å². The van der Waals surface area contributed by atoms with Crippen molar-refractivity contribution in [1.29, 1.82) is 0 Å². The number of likely N-dealkylation sites (N-methyl/N-ethyl adjacent to an activating group) is 1. The van der Waals surface area contributed by atoms with Crippen molar-refractivity contribution < 1.29 is 9.18 Å². The van der Waals surface area contributed by atoms with Crippen LogP contribution in [0.1, 0.15) is 24.2 Å². The highest BCUT2D eigenvalue weighted by molar-refractivity contribution is 5.98. The Labute approximate surface area is 113 Å². The van der Waals surface area contributed by atoms with Gasteiger partial charge in [-0.3, -0.25) is 4.79 Å². The van der Waals surface area contributed by atoms with Gasteiger partial charge in [-0.05, 0) is 26.6 Å². The predicted octanol–water partition coefficient (Wildman–Crippen LogP) is 1.33. The molecule has 0 aliphatic heterocycles. The molecule has 1 aromatic rings. The first kappa shape index (κ1) is 15.4. The Kier molecular flexibility index (Phi) is 6.21. The van der Waals surface area contributed by atoms with Crippen LogP contribution in [-0.2, 0) is 0 Å². The van der Waals surface area contributed by atoms with Gasteiger partial charge in [0.15, 0.2) is 0 Å². The molecule has 1 heterocycles. The zero-order chi connectivity index (χ0) is 14.3. The fourth-order valence-corrected chi connectivity index (χ4v) is 1.53. The van der Waals surface area contributed by atoms with E-state index in [1.807, 2.05) is 20.9 Å². The fourth-order valence-electron chi connectivity index (χ4n) is 1.53. The van der Waals surface area contributed by atoms with Crippen LogP contribution in [0.25, 0.3) is 0 Å². The summed E-state index contributed by atoms with van der Waals surface area (Å²) in [5.41, 5.74) is 0.237. The van der Waals surface area contributed by atoms with Crippen LogP contribution in [0.5, 0.6) is 0 Å². The topological polar surface area (TPSA) is 57.3 Å². The molecular formula is C13H21FN4O. The summed E-state index contributed by atoms with van der Waals surface area (Å²) in [6.45, 7) is 6.74. The highest BCUT2D eigenvalue weighted by Gasteiger charge is 2.13. The van der Waals surface area contributed by atoms with Crippen LogP contribution in [0.4, 0.5) is 10.2 Å². The first-order valence-corrected chi connectivity index (χ1v) is 6.44. The zero-order valence-corrected chi connectivity index (χ0v) is 11.7. The summed E-state index contributed by atoms with van der Waals surface area (Å²) in [5.74, 6) is -0.421. The first-order chi connectivity index (χ1) is 9.08. The molecule has 0 saturated heterocycles. The number of carbonyl (C=O) groups excluding carboxylic acids is 1. The zero-order valence-electron chi connectivity index (χ0n) is 11.7. The van der Waals surface area contributed by atoms with E-state index >= 15 is 0 Å². The fraction of sp³-hybridized carbons (Fsp3) is 0.538. The van der Waals surface area contributed by atoms with E-state index in [2.05, 4.69) is 20.5 Å². The lowest BCUT2D eigenvalue weighted by Crippen LogP contribution is -2.33. The van der Waals surface area contributed by atoms with Gasteiger partial charge < -0.3 is 15.5 Å². The molecule has 0 unspecified atom stereocenters. The highest BCUT2D eigenvalue weighted by atomic mass is 19.1. The molecule has 2 N–H and O–H groups in total. The number of anilines is 1. The van der Waals surface area contributed by atoms with Crippen LogP contribution in [0.2, 0.25) is 0 Å². The third-order valence-electron chi connectivity index (χ3n) is 2.76. The van der Waals surface area contributed by atoms with Crippen molar-refractivity contribution in [3.63, 3.8) is 0 Å². The van der Waals surface area contributed by atoms with E-state index in [4.69, 9.17) is 0 Å². The van der Waals surface area contributed by atoms with Crippen molar-refractivity contribution in [1.82, 2.24) is 15.2 Å². The molecule has 0 atom stereocenters. The molecule has 0 spiro atoms. The second-order valence-electron chi connectivity index (χ2n) is 4.23. The molecule has 1 aromatic heterocycles. The molecule has 5 nitrogen and oxygen atoms in total. The SMILES string of the molecule is CCNc1ncc(F)cc1C(=O)NCCN(C)CC. The summed E-state index contributed by atoms with van der Waals surface area (Å²) < 4.78 is 13.2. The molecule has 0 bridgehead atoms. The van der Waals surface area contributed by atoms with Gasteiger partial charge in [-0.1, -0.05) is 6.92 Å². The number of halogens is 1. The smallest absolute Gasteiger partial charge is 0.255 e. The number of amides is 1. The molecule has 0 saturated carbocycles. The number of pyridine rings is 1. The standard InChI is InChI=1S/C13H21FN4O/c1-4-15-12-11(8-10(14)9-17-12)13(19)16-6-7-18(3)5-2/h8-9H,4-7H2,1-3H3,(H,15,17)(H,16,19). The second-order valence-corrected chi connectivity index (χ2v) is 4.23. The Balaban J connectivity index is 2.67. The number of nitrogens with zero attached hydrogens (tertiary/aromatic N) is 2. The van der Waals surface area contributed by atoms with Gasteiger partial charge in [0.1, 0.15) is 11.6 Å². The van der Waals surface area contributed by atoms with E-state index < -0.39 is 5.82 Å². The summed E-state index contributed by atoms with van der Waals surface area (Å²) in [5, 5.41) is 5.71. The van der Waals surface area contributed by atoms with Crippen molar-refractivity contribution in [3.05, 3.63) is 23.6 Å². The molecule has 0 aromatic carbocycles. The van der Waals surface area contributed by atoms with Crippen LogP contribution in [-0.4, -0.2) is 49.0 Å². The maximum atomic E-state index is 13.2. The molecular weight excluding hydrogens is 247 g/mol. The number of rotatable bonds is 7. The minimum Gasteiger partial charge on any atom is -0.370 e. The third-order valence-corrected chi connectivity index (χ3v) is 2.76. The van der Waals surface area contributed by atoms with Gasteiger partial charge in [0, 0.05) is 19.6 Å². The average molecular weight is 268 g/mol. The molecule has 106 valence electrons. The van der Waals surface area contributed by atoms with E-state index in [0.717, 1.165) is 19.3 Å². The van der Waals surface area contributed by atoms with Gasteiger partial charge in [0.25, 0.3) is 5.91 Å². The van der Waals surface area contributed by atoms with Gasteiger partial charge in [0.2, 0.25) is 0 Å². The number of carbonyl (C=O) groups is 1. The van der Waals surface area contributed by atoms with Crippen LogP contribution in [0, 0.1) is 5.82 Å². The Bertz CT molecular complexity index is 425. The van der Waals surface area contributed by atoms with Gasteiger partial charge >= 0.3 is 0 Å². The van der Waals surface area contributed by atoms with Gasteiger partial charge in [-0.15, -0.1) is 0 Å². The minimum atomic E-state index is -0.516. The van der Waals surface area contributed by atoms with Crippen molar-refractivity contribution in [2.24, 2.45) is 0 Å². The Morgan fingerprint density at radius 1 is 1.47 bits per heavy atom. The minimum absolute atomic E-state index is 0.237. The summed E-state index contributed by atoms with van der Waals surface area (Å²) in [4.78, 5) is 18.0. The van der Waals surface area contributed by atoms with Crippen molar-refractivity contribution in [2.45, 2.75) is 13.8 Å². The Morgan fingerprint density at radius 3 is 2.84 bits per heavy atom. The monoisotopic (exact) mass is 268 g/mol. The van der Waals surface area contributed by atoms with Crippen molar-refractivity contribution in [2.75, 3.05) is 38.5 Å². The molecule has 19 heavy (non-hydrogen) atoms. The molecule has 6 heteroatoms. The Hall–Kier alpha value is -1.69. The molecule has 0 aliphatic carbocycles. The quantitative estimate of drug-likeness (QED) is 0.783. The lowest BCUT2D eigenvalue weighted by atomic mass is 10.2. The normalized spacial score (nSPS) is 10.6. The first-order valence-electron chi connectivity index (χ1n) is 6.44. The summed E-state index contributed by atoms with van der Waals surface area (Å²) in [6, 6.07) is 1.20. The van der Waals surface area contributed by atoms with Gasteiger partial charge in [-0.25, -0.2) is 9.37 Å². The lowest BCUT2D eigenvalue weighted by Gasteiger charge is -2.15. The third kappa shape index (κ3) is 4.82. The second kappa shape index (κ2) is 7.68. The summed E-state index contributed by atoms with van der Waals surface area (Å²) >= 11 is 0. The van der Waals surface area contributed by atoms with E-state index in [1.54, 1.807) is 0 Å². The van der Waals surface area contributed by atoms with Crippen molar-refractivity contribution >= 4 is 11.7 Å². The number of hydrogen-bond donors (Lipinski definition) is 2. The van der Waals surface area contributed by atoms with Crippen LogP contribution >= 0.6 is 0 Å². The molecule has 0 fully saturated rings. The van der Waals surface area contributed by atoms with E-state index in [-0.39, 0.29) is 11.5 Å². The number of nitrogens with one attached hydrogen (secondary N) is 2. The van der Waals surface area contributed by atoms with Crippen molar-refractivity contribution in [3.8, 4) is 0 Å². The van der Waals surface area contributed by atoms with E-state index in [1.165, 1.54) is 6.07 Å². The largest absolute Gasteiger partial charge is 0.370 e. The van der Waals surface area contributed by atoms with Gasteiger partial charge in [0.05, 0.1) is 11.8 Å². The molecule has 1 rings (SSSR count). The molecule has 1 amide bonds. The van der Waals surface area contributed by atoms with Gasteiger partial charge in [-0.2, -0.15) is 0 Å². The van der Waals surface area contributed by atoms with E-state index in [0.29, 0.717) is 18.9 Å². The lowest BCUT2D eigenvalue weighted by molar-refractivity contribution is 0.0950. The Morgan fingerprint density at radius 2 is 2.21 bits per heavy atom. The predicted molar refractivity (Wildman–Crippen MR) is 73.9 cm³/mol. The van der Waals surface area contributed by atoms with Crippen LogP contribution in [0.15, 0.2) is 12.3 Å². The summed E-state index contributed by atoms with van der Waals surface area (Å²) in [6.07, 6.45) is 1.10. The molecule has 0 aliphatic rings. The molecule has 0 radical (unpaired) electrons. The average Bonchev–Trinajstić information content (AvgIpc) is 2.40.